The van der Waals surface area contributed by atoms with Gasteiger partial charge in [-0.2, -0.15) is 0 Å². The second-order valence-electron chi connectivity index (χ2n) is 7.42. The molecule has 0 radical (unpaired) electrons. The first-order valence-electron chi connectivity index (χ1n) is 9.99. The quantitative estimate of drug-likeness (QED) is 0.336. The summed E-state index contributed by atoms with van der Waals surface area (Å²) in [6.45, 7) is 3.68. The zero-order chi connectivity index (χ0) is 23.9. The Labute approximate surface area is 193 Å². The van der Waals surface area contributed by atoms with Crippen LogP contribution in [0.5, 0.6) is 11.5 Å². The number of rotatable bonds is 5. The Morgan fingerprint density at radius 3 is 2.36 bits per heavy atom. The van der Waals surface area contributed by atoms with Gasteiger partial charge in [0, 0.05) is 16.0 Å². The molecule has 2 heterocycles. The van der Waals surface area contributed by atoms with Crippen LogP contribution in [0.25, 0.3) is 5.76 Å². The monoisotopic (exact) mass is 468 g/mol. The van der Waals surface area contributed by atoms with Crippen molar-refractivity contribution in [1.29, 1.82) is 0 Å². The number of carbonyl (C=O) groups excluding carboxylic acids is 2. The second kappa shape index (κ2) is 8.67. The third-order valence-corrected chi connectivity index (χ3v) is 6.59. The number of aliphatic hydroxyl groups excluding tert-OH is 1. The van der Waals surface area contributed by atoms with Crippen LogP contribution in [0.15, 0.2) is 48.0 Å². The Morgan fingerprint density at radius 1 is 1.09 bits per heavy atom. The average molecular weight is 469 g/mol. The lowest BCUT2D eigenvalue weighted by Crippen LogP contribution is -2.29. The number of nitrogens with zero attached hydrogens (tertiary/aromatic N) is 2. The molecular formula is C24H21FN2O5S. The molecule has 2 aromatic carbocycles. The molecular weight excluding hydrogens is 447 g/mol. The van der Waals surface area contributed by atoms with E-state index in [0.29, 0.717) is 22.2 Å². The molecule has 1 N–H and O–H groups in total. The van der Waals surface area contributed by atoms with E-state index in [0.717, 1.165) is 10.6 Å². The minimum atomic E-state index is -1.04. The number of aryl methyl sites for hydroxylation is 2. The predicted octanol–water partition coefficient (Wildman–Crippen LogP) is 4.54. The fourth-order valence-corrected chi connectivity index (χ4v) is 4.64. The maximum absolute atomic E-state index is 13.4. The van der Waals surface area contributed by atoms with Gasteiger partial charge in [0.25, 0.3) is 5.78 Å². The number of amides is 1. The number of anilines is 1. The van der Waals surface area contributed by atoms with Crippen LogP contribution in [0.1, 0.15) is 27.7 Å². The number of ether oxygens (including phenoxy) is 2. The molecule has 33 heavy (non-hydrogen) atoms. The Balaban J connectivity index is 2.01. The summed E-state index contributed by atoms with van der Waals surface area (Å²) >= 11 is 1.27. The van der Waals surface area contributed by atoms with Crippen molar-refractivity contribution in [2.45, 2.75) is 19.9 Å². The molecule has 0 bridgehead atoms. The molecule has 0 saturated carbocycles. The standard InChI is InChI=1S/C24H21FN2O5S/c1-12-13(2)33-24(26-12)27-20(17-11-16(31-3)9-10-18(17)32-4)19(22(29)23(27)30)21(28)14-5-7-15(25)8-6-14/h5-11,20,28H,1-4H3/t20-/m0/s1. The van der Waals surface area contributed by atoms with Crippen molar-refractivity contribution in [2.75, 3.05) is 19.1 Å². The zero-order valence-electron chi connectivity index (χ0n) is 18.4. The van der Waals surface area contributed by atoms with Crippen LogP contribution >= 0.6 is 11.3 Å². The normalized spacial score (nSPS) is 17.5. The number of halogens is 1. The molecule has 4 rings (SSSR count). The number of hydrogen-bond acceptors (Lipinski definition) is 7. The number of carbonyl (C=O) groups is 2. The van der Waals surface area contributed by atoms with Gasteiger partial charge in [-0.15, -0.1) is 11.3 Å². The van der Waals surface area contributed by atoms with Crippen molar-refractivity contribution in [1.82, 2.24) is 4.98 Å². The van der Waals surface area contributed by atoms with Gasteiger partial charge in [0.05, 0.1) is 25.5 Å². The number of hydrogen-bond donors (Lipinski definition) is 1. The highest BCUT2D eigenvalue weighted by atomic mass is 32.1. The van der Waals surface area contributed by atoms with E-state index in [9.17, 15) is 19.1 Å². The third kappa shape index (κ3) is 3.84. The van der Waals surface area contributed by atoms with Crippen molar-refractivity contribution < 1.29 is 28.6 Å². The number of aliphatic hydroxyl groups is 1. The van der Waals surface area contributed by atoms with Gasteiger partial charge in [-0.05, 0) is 56.3 Å². The smallest absolute Gasteiger partial charge is 0.301 e. The summed E-state index contributed by atoms with van der Waals surface area (Å²) < 4.78 is 24.3. The lowest BCUT2D eigenvalue weighted by atomic mass is 9.94. The molecule has 1 aromatic heterocycles. The molecule has 9 heteroatoms. The minimum absolute atomic E-state index is 0.149. The minimum Gasteiger partial charge on any atom is -0.507 e. The van der Waals surface area contributed by atoms with Crippen molar-refractivity contribution in [2.24, 2.45) is 0 Å². The van der Waals surface area contributed by atoms with Gasteiger partial charge in [0.1, 0.15) is 29.1 Å². The molecule has 7 nitrogen and oxygen atoms in total. The van der Waals surface area contributed by atoms with Crippen LogP contribution in [0.4, 0.5) is 9.52 Å². The molecule has 1 saturated heterocycles. The van der Waals surface area contributed by atoms with E-state index in [1.165, 1.54) is 54.7 Å². The summed E-state index contributed by atoms with van der Waals surface area (Å²) in [4.78, 5) is 33.1. The van der Waals surface area contributed by atoms with E-state index in [2.05, 4.69) is 4.98 Å². The van der Waals surface area contributed by atoms with Crippen LogP contribution in [0.2, 0.25) is 0 Å². The lowest BCUT2D eigenvalue weighted by molar-refractivity contribution is -0.132. The van der Waals surface area contributed by atoms with Gasteiger partial charge in [-0.1, -0.05) is 0 Å². The first-order chi connectivity index (χ1) is 15.8. The molecule has 1 amide bonds. The number of ketones is 1. The van der Waals surface area contributed by atoms with Crippen molar-refractivity contribution in [3.8, 4) is 11.5 Å². The predicted molar refractivity (Wildman–Crippen MR) is 122 cm³/mol. The van der Waals surface area contributed by atoms with Crippen molar-refractivity contribution in [3.63, 3.8) is 0 Å². The van der Waals surface area contributed by atoms with Crippen LogP contribution in [-0.4, -0.2) is 36.0 Å². The Hall–Kier alpha value is -3.72. The highest BCUT2D eigenvalue weighted by Crippen LogP contribution is 2.46. The van der Waals surface area contributed by atoms with Crippen LogP contribution < -0.4 is 14.4 Å². The van der Waals surface area contributed by atoms with E-state index in [-0.39, 0.29) is 11.1 Å². The third-order valence-electron chi connectivity index (χ3n) is 5.52. The summed E-state index contributed by atoms with van der Waals surface area (Å²) in [5.74, 6) is -1.76. The Morgan fingerprint density at radius 2 is 1.79 bits per heavy atom. The van der Waals surface area contributed by atoms with E-state index in [4.69, 9.17) is 9.47 Å². The van der Waals surface area contributed by atoms with E-state index >= 15 is 0 Å². The molecule has 1 atom stereocenters. The first-order valence-corrected chi connectivity index (χ1v) is 10.8. The summed E-state index contributed by atoms with van der Waals surface area (Å²) in [7, 11) is 2.96. The summed E-state index contributed by atoms with van der Waals surface area (Å²) in [5, 5.41) is 11.4. The Kier molecular flexibility index (Phi) is 5.90. The molecule has 1 aliphatic rings. The van der Waals surface area contributed by atoms with E-state index in [1.807, 2.05) is 13.8 Å². The van der Waals surface area contributed by atoms with Crippen molar-refractivity contribution >= 4 is 33.9 Å². The average Bonchev–Trinajstić information content (AvgIpc) is 3.28. The van der Waals surface area contributed by atoms with Crippen molar-refractivity contribution in [3.05, 3.63) is 75.6 Å². The second-order valence-corrected chi connectivity index (χ2v) is 8.60. The number of thiazole rings is 1. The highest BCUT2D eigenvalue weighted by Gasteiger charge is 2.49. The fourth-order valence-electron chi connectivity index (χ4n) is 3.70. The van der Waals surface area contributed by atoms with Gasteiger partial charge in [-0.3, -0.25) is 14.5 Å². The highest BCUT2D eigenvalue weighted by molar-refractivity contribution is 7.16. The summed E-state index contributed by atoms with van der Waals surface area (Å²) in [6.07, 6.45) is 0. The van der Waals surface area contributed by atoms with Gasteiger partial charge in [-0.25, -0.2) is 9.37 Å². The summed E-state index contributed by atoms with van der Waals surface area (Å²) in [6, 6.07) is 8.97. The number of aromatic nitrogens is 1. The number of methoxy groups -OCH3 is 2. The maximum Gasteiger partial charge on any atom is 0.301 e. The van der Waals surface area contributed by atoms with Gasteiger partial charge >= 0.3 is 5.91 Å². The first kappa shape index (κ1) is 22.5. The summed E-state index contributed by atoms with van der Waals surface area (Å²) in [5.41, 5.74) is 1.22. The van der Waals surface area contributed by atoms with E-state index < -0.39 is 29.3 Å². The van der Waals surface area contributed by atoms with E-state index in [1.54, 1.807) is 18.2 Å². The molecule has 0 aliphatic carbocycles. The molecule has 0 spiro atoms. The molecule has 0 unspecified atom stereocenters. The molecule has 1 fully saturated rings. The SMILES string of the molecule is COc1ccc(OC)c([C@H]2C(=C(O)c3ccc(F)cc3)C(=O)C(=O)N2c2nc(C)c(C)s2)c1. The van der Waals surface area contributed by atoms with Crippen LogP contribution in [0.3, 0.4) is 0 Å². The fraction of sp³-hybridized carbons (Fsp3) is 0.208. The number of benzene rings is 2. The Bertz CT molecular complexity index is 1260. The van der Waals surface area contributed by atoms with Crippen LogP contribution in [-0.2, 0) is 9.59 Å². The number of Topliss-reactive ketones (excluding diaryl/α,β-unsaturated/α-hetero) is 1. The lowest BCUT2D eigenvalue weighted by Gasteiger charge is -2.25. The largest absolute Gasteiger partial charge is 0.507 e. The topological polar surface area (TPSA) is 89.0 Å². The molecule has 170 valence electrons. The molecule has 1 aliphatic heterocycles. The molecule has 3 aromatic rings. The van der Waals surface area contributed by atoms with Crippen LogP contribution in [0, 0.1) is 19.7 Å². The van der Waals surface area contributed by atoms with Gasteiger partial charge in [0.15, 0.2) is 5.13 Å². The maximum atomic E-state index is 13.4. The van der Waals surface area contributed by atoms with Gasteiger partial charge < -0.3 is 14.6 Å². The van der Waals surface area contributed by atoms with Gasteiger partial charge in [0.2, 0.25) is 0 Å². The zero-order valence-corrected chi connectivity index (χ0v) is 19.2.